The van der Waals surface area contributed by atoms with Crippen LogP contribution in [0.5, 0.6) is 0 Å². The van der Waals surface area contributed by atoms with Crippen molar-refractivity contribution in [2.45, 2.75) is 5.41 Å². The van der Waals surface area contributed by atoms with Crippen molar-refractivity contribution in [2.24, 2.45) is 0 Å². The molecule has 0 fully saturated rings. The second-order valence-corrected chi connectivity index (χ2v) is 7.28. The molecule has 0 saturated heterocycles. The lowest BCUT2D eigenvalue weighted by Gasteiger charge is -2.31. The number of hydrogen-bond donors (Lipinski definition) is 0. The van der Waals surface area contributed by atoms with Gasteiger partial charge < -0.3 is 4.74 Å². The van der Waals surface area contributed by atoms with Crippen molar-refractivity contribution in [3.05, 3.63) is 131 Å². The summed E-state index contributed by atoms with van der Waals surface area (Å²) in [5.74, 6) is 0.748. The molecule has 29 heavy (non-hydrogen) atoms. The molecule has 1 unspecified atom stereocenters. The van der Waals surface area contributed by atoms with Gasteiger partial charge in [-0.05, 0) is 51.6 Å². The third-order valence-electron chi connectivity index (χ3n) is 5.77. The molecule has 1 atom stereocenters. The average molecular weight is 376 g/mol. The number of rotatable bonds is 3. The summed E-state index contributed by atoms with van der Waals surface area (Å²) in [4.78, 5) is 13.6. The Labute approximate surface area is 170 Å². The molecule has 5 rings (SSSR count). The first-order valence-corrected chi connectivity index (χ1v) is 9.70. The van der Waals surface area contributed by atoms with Crippen LogP contribution in [-0.2, 0) is 14.9 Å². The highest BCUT2D eigenvalue weighted by atomic mass is 16.5. The fourth-order valence-electron chi connectivity index (χ4n) is 4.55. The molecule has 2 nitrogen and oxygen atoms in total. The van der Waals surface area contributed by atoms with Gasteiger partial charge in [-0.15, -0.1) is 0 Å². The number of benzene rings is 3. The molecule has 0 amide bonds. The molecule has 0 heterocycles. The van der Waals surface area contributed by atoms with Crippen molar-refractivity contribution in [3.63, 3.8) is 0 Å². The van der Waals surface area contributed by atoms with Gasteiger partial charge in [0.2, 0.25) is 0 Å². The second kappa shape index (κ2) is 6.75. The normalized spacial score (nSPS) is 20.0. The fourth-order valence-corrected chi connectivity index (χ4v) is 4.55. The molecule has 2 aliphatic rings. The van der Waals surface area contributed by atoms with Gasteiger partial charge in [-0.1, -0.05) is 84.9 Å². The molecule has 3 aromatic rings. The summed E-state index contributed by atoms with van der Waals surface area (Å²) in [6.45, 7) is 0. The van der Waals surface area contributed by atoms with E-state index in [4.69, 9.17) is 4.74 Å². The molecule has 2 heteroatoms. The second-order valence-electron chi connectivity index (χ2n) is 7.28. The van der Waals surface area contributed by atoms with Gasteiger partial charge in [-0.25, -0.2) is 0 Å². The molecular weight excluding hydrogens is 356 g/mol. The van der Waals surface area contributed by atoms with Gasteiger partial charge in [-0.2, -0.15) is 0 Å². The molecule has 2 aliphatic carbocycles. The number of allylic oxidation sites excluding steroid dienone is 4. The van der Waals surface area contributed by atoms with Crippen LogP contribution in [0.3, 0.4) is 0 Å². The van der Waals surface area contributed by atoms with Crippen molar-refractivity contribution in [1.29, 1.82) is 0 Å². The molecule has 0 radical (unpaired) electrons. The summed E-state index contributed by atoms with van der Waals surface area (Å²) in [6.07, 6.45) is 5.37. The van der Waals surface area contributed by atoms with Gasteiger partial charge in [0.05, 0.1) is 7.11 Å². The zero-order valence-electron chi connectivity index (χ0n) is 16.1. The minimum Gasteiger partial charge on any atom is -0.497 e. The third kappa shape index (κ3) is 2.53. The zero-order chi connectivity index (χ0) is 19.8. The van der Waals surface area contributed by atoms with Gasteiger partial charge >= 0.3 is 0 Å². The van der Waals surface area contributed by atoms with Gasteiger partial charge in [0.25, 0.3) is 0 Å². The maximum Gasteiger partial charge on any atom is 0.174 e. The van der Waals surface area contributed by atoms with Crippen molar-refractivity contribution < 1.29 is 9.53 Å². The highest BCUT2D eigenvalue weighted by molar-refractivity contribution is 6.22. The van der Waals surface area contributed by atoms with Gasteiger partial charge in [0.15, 0.2) is 5.78 Å². The maximum atomic E-state index is 13.6. The molecule has 0 aromatic heterocycles. The van der Waals surface area contributed by atoms with Crippen LogP contribution in [0, 0.1) is 0 Å². The Hall–Kier alpha value is -3.65. The van der Waals surface area contributed by atoms with Crippen molar-refractivity contribution >= 4 is 16.9 Å². The first kappa shape index (κ1) is 17.4. The Morgan fingerprint density at radius 3 is 2.03 bits per heavy atom. The minimum absolute atomic E-state index is 0.0514. The van der Waals surface area contributed by atoms with E-state index in [2.05, 4.69) is 36.4 Å². The predicted octanol–water partition coefficient (Wildman–Crippen LogP) is 5.57. The Balaban J connectivity index is 1.94. The summed E-state index contributed by atoms with van der Waals surface area (Å²) >= 11 is 0. The lowest BCUT2D eigenvalue weighted by molar-refractivity contribution is -0.116. The van der Waals surface area contributed by atoms with Gasteiger partial charge in [0, 0.05) is 0 Å². The summed E-state index contributed by atoms with van der Waals surface area (Å²) in [7, 11) is 1.64. The van der Waals surface area contributed by atoms with Crippen LogP contribution in [0.1, 0.15) is 22.3 Å². The fraction of sp³-hybridized carbons (Fsp3) is 0.0741. The quantitative estimate of drug-likeness (QED) is 0.598. The van der Waals surface area contributed by atoms with Gasteiger partial charge in [-0.3, -0.25) is 4.79 Å². The topological polar surface area (TPSA) is 26.3 Å². The zero-order valence-corrected chi connectivity index (χ0v) is 16.1. The van der Waals surface area contributed by atoms with E-state index in [-0.39, 0.29) is 5.78 Å². The molecule has 0 N–H and O–H groups in total. The van der Waals surface area contributed by atoms with Crippen molar-refractivity contribution in [3.8, 4) is 0 Å². The number of fused-ring (bicyclic) bond motifs is 2. The van der Waals surface area contributed by atoms with E-state index in [1.54, 1.807) is 19.3 Å². The van der Waals surface area contributed by atoms with E-state index in [1.807, 2.05) is 54.6 Å². The third-order valence-corrected chi connectivity index (χ3v) is 5.77. The van der Waals surface area contributed by atoms with Crippen LogP contribution in [-0.4, -0.2) is 12.9 Å². The monoisotopic (exact) mass is 376 g/mol. The molecular formula is C27H20O2. The van der Waals surface area contributed by atoms with Crippen LogP contribution in [0.2, 0.25) is 0 Å². The van der Waals surface area contributed by atoms with Crippen molar-refractivity contribution in [1.82, 2.24) is 0 Å². The largest absolute Gasteiger partial charge is 0.497 e. The lowest BCUT2D eigenvalue weighted by Crippen LogP contribution is -2.34. The molecule has 3 aromatic carbocycles. The minimum atomic E-state index is -0.900. The van der Waals surface area contributed by atoms with E-state index in [9.17, 15) is 4.79 Å². The van der Waals surface area contributed by atoms with Crippen molar-refractivity contribution in [2.75, 3.05) is 7.11 Å². The Morgan fingerprint density at radius 2 is 1.34 bits per heavy atom. The van der Waals surface area contributed by atoms with Crippen LogP contribution < -0.4 is 0 Å². The van der Waals surface area contributed by atoms with Crippen LogP contribution in [0.25, 0.3) is 11.1 Å². The number of ether oxygens (including phenoxy) is 1. The number of hydrogen-bond acceptors (Lipinski definition) is 2. The highest BCUT2D eigenvalue weighted by Crippen LogP contribution is 2.55. The number of carbonyl (C=O) groups excluding carboxylic acids is 1. The summed E-state index contributed by atoms with van der Waals surface area (Å²) in [5.41, 5.74) is 5.44. The molecule has 0 saturated carbocycles. The van der Waals surface area contributed by atoms with Crippen LogP contribution in [0.4, 0.5) is 0 Å². The van der Waals surface area contributed by atoms with Crippen LogP contribution in [0.15, 0.2) is 109 Å². The van der Waals surface area contributed by atoms with E-state index >= 15 is 0 Å². The highest BCUT2D eigenvalue weighted by Gasteiger charge is 2.50. The Kier molecular flexibility index (Phi) is 4.06. The number of ketones is 1. The first-order chi connectivity index (χ1) is 14.3. The summed E-state index contributed by atoms with van der Waals surface area (Å²) in [5, 5.41) is 0. The Morgan fingerprint density at radius 1 is 0.724 bits per heavy atom. The lowest BCUT2D eigenvalue weighted by atomic mass is 9.69. The van der Waals surface area contributed by atoms with E-state index < -0.39 is 5.41 Å². The van der Waals surface area contributed by atoms with E-state index in [0.717, 1.165) is 33.4 Å². The summed E-state index contributed by atoms with van der Waals surface area (Å²) < 4.78 is 5.57. The number of methoxy groups -OCH3 is 1. The van der Waals surface area contributed by atoms with Gasteiger partial charge in [0.1, 0.15) is 11.2 Å². The van der Waals surface area contributed by atoms with E-state index in [1.165, 1.54) is 0 Å². The molecule has 0 bridgehead atoms. The predicted molar refractivity (Wildman–Crippen MR) is 116 cm³/mol. The smallest absolute Gasteiger partial charge is 0.174 e. The average Bonchev–Trinajstić information content (AvgIpc) is 3.08. The number of carbonyl (C=O) groups is 1. The Bertz CT molecular complexity index is 1180. The van der Waals surface area contributed by atoms with Crippen LogP contribution >= 0.6 is 0 Å². The first-order valence-electron chi connectivity index (χ1n) is 9.70. The van der Waals surface area contributed by atoms with E-state index in [0.29, 0.717) is 5.76 Å². The standard InChI is InChI=1S/C27H20O2/c1-29-21-16-17-24(28)27(18-21)23-15-9-8-14-22(23)25(19-10-4-2-5-11-19)26(27)20-12-6-3-7-13-20/h2-18H,1H3. The maximum absolute atomic E-state index is 13.6. The SMILES string of the molecule is COC1=CC2(C(=O)C=C1)C(c1ccccc1)=C(c1ccccc1)c1ccccc12. The molecule has 0 aliphatic heterocycles. The molecule has 140 valence electrons. The summed E-state index contributed by atoms with van der Waals surface area (Å²) in [6, 6.07) is 28.7. The molecule has 1 spiro atoms.